The standard InChI is InChI=1S/C14H23NO3/c1-13(2,3)18-12(17)14(8-4-5-9-14)15-11(16)10-6-7-10/h10H,4-9H2,1-3H3,(H,15,16). The summed E-state index contributed by atoms with van der Waals surface area (Å²) in [6, 6.07) is 0. The fraction of sp³-hybridized carbons (Fsp3) is 0.857. The van der Waals surface area contributed by atoms with E-state index in [1.54, 1.807) is 0 Å². The zero-order valence-electron chi connectivity index (χ0n) is 11.5. The predicted octanol–water partition coefficient (Wildman–Crippen LogP) is 2.17. The van der Waals surface area contributed by atoms with Crippen LogP contribution in [0.2, 0.25) is 0 Å². The second kappa shape index (κ2) is 4.56. The Morgan fingerprint density at radius 1 is 1.17 bits per heavy atom. The van der Waals surface area contributed by atoms with Crippen molar-refractivity contribution in [2.75, 3.05) is 0 Å². The molecule has 0 radical (unpaired) electrons. The quantitative estimate of drug-likeness (QED) is 0.784. The molecule has 4 nitrogen and oxygen atoms in total. The molecule has 0 aromatic heterocycles. The molecular weight excluding hydrogens is 230 g/mol. The molecule has 0 saturated heterocycles. The van der Waals surface area contributed by atoms with Crippen LogP contribution >= 0.6 is 0 Å². The van der Waals surface area contributed by atoms with Gasteiger partial charge in [-0.3, -0.25) is 4.79 Å². The maximum atomic E-state index is 12.3. The molecule has 0 atom stereocenters. The van der Waals surface area contributed by atoms with Crippen LogP contribution < -0.4 is 5.32 Å². The van der Waals surface area contributed by atoms with E-state index in [2.05, 4.69) is 5.32 Å². The van der Waals surface area contributed by atoms with E-state index in [0.29, 0.717) is 12.8 Å². The minimum Gasteiger partial charge on any atom is -0.458 e. The second-order valence-electron chi connectivity index (χ2n) is 6.55. The largest absolute Gasteiger partial charge is 0.458 e. The predicted molar refractivity (Wildman–Crippen MR) is 67.9 cm³/mol. The molecule has 1 N–H and O–H groups in total. The van der Waals surface area contributed by atoms with Gasteiger partial charge < -0.3 is 10.1 Å². The number of carbonyl (C=O) groups is 2. The first-order valence-corrected chi connectivity index (χ1v) is 6.88. The fourth-order valence-electron chi connectivity index (χ4n) is 2.42. The van der Waals surface area contributed by atoms with Crippen molar-refractivity contribution in [3.63, 3.8) is 0 Å². The smallest absolute Gasteiger partial charge is 0.332 e. The summed E-state index contributed by atoms with van der Waals surface area (Å²) in [6.07, 6.45) is 5.28. The average molecular weight is 253 g/mol. The van der Waals surface area contributed by atoms with Crippen LogP contribution in [-0.2, 0) is 14.3 Å². The molecule has 0 bridgehead atoms. The van der Waals surface area contributed by atoms with E-state index in [-0.39, 0.29) is 17.8 Å². The highest BCUT2D eigenvalue weighted by Crippen LogP contribution is 2.35. The molecular formula is C14H23NO3. The monoisotopic (exact) mass is 253 g/mol. The van der Waals surface area contributed by atoms with E-state index in [1.165, 1.54) is 0 Å². The normalized spacial score (nSPS) is 22.6. The topological polar surface area (TPSA) is 55.4 Å². The molecule has 2 aliphatic carbocycles. The summed E-state index contributed by atoms with van der Waals surface area (Å²) in [5, 5.41) is 2.96. The molecule has 0 spiro atoms. The summed E-state index contributed by atoms with van der Waals surface area (Å²) in [4.78, 5) is 24.2. The van der Waals surface area contributed by atoms with Crippen LogP contribution in [0.4, 0.5) is 0 Å². The third kappa shape index (κ3) is 3.03. The Hall–Kier alpha value is -1.06. The molecule has 102 valence electrons. The van der Waals surface area contributed by atoms with Crippen molar-refractivity contribution in [1.29, 1.82) is 0 Å². The van der Waals surface area contributed by atoms with Crippen molar-refractivity contribution >= 4 is 11.9 Å². The zero-order valence-corrected chi connectivity index (χ0v) is 11.5. The lowest BCUT2D eigenvalue weighted by Crippen LogP contribution is -2.55. The molecule has 0 heterocycles. The van der Waals surface area contributed by atoms with Gasteiger partial charge in [-0.25, -0.2) is 4.79 Å². The molecule has 2 fully saturated rings. The van der Waals surface area contributed by atoms with E-state index < -0.39 is 11.1 Å². The number of carbonyl (C=O) groups excluding carboxylic acids is 2. The molecule has 2 rings (SSSR count). The lowest BCUT2D eigenvalue weighted by atomic mass is 9.96. The maximum Gasteiger partial charge on any atom is 0.332 e. The SMILES string of the molecule is CC(C)(C)OC(=O)C1(NC(=O)C2CC2)CCCC1. The third-order valence-electron chi connectivity index (χ3n) is 3.56. The maximum absolute atomic E-state index is 12.3. The zero-order chi connectivity index (χ0) is 13.4. The van der Waals surface area contributed by atoms with Gasteiger partial charge in [0.25, 0.3) is 0 Å². The van der Waals surface area contributed by atoms with E-state index in [1.807, 2.05) is 20.8 Å². The van der Waals surface area contributed by atoms with E-state index in [0.717, 1.165) is 25.7 Å². The number of nitrogens with one attached hydrogen (secondary N) is 1. The molecule has 2 aliphatic rings. The Kier molecular flexibility index (Phi) is 3.39. The lowest BCUT2D eigenvalue weighted by molar-refractivity contribution is -0.164. The van der Waals surface area contributed by atoms with Gasteiger partial charge >= 0.3 is 5.97 Å². The highest BCUT2D eigenvalue weighted by atomic mass is 16.6. The molecule has 1 amide bonds. The summed E-state index contributed by atoms with van der Waals surface area (Å²) in [5.74, 6) is -0.103. The number of rotatable bonds is 3. The first-order chi connectivity index (χ1) is 8.32. The van der Waals surface area contributed by atoms with Gasteiger partial charge in [-0.1, -0.05) is 12.8 Å². The van der Waals surface area contributed by atoms with Crippen molar-refractivity contribution in [3.8, 4) is 0 Å². The van der Waals surface area contributed by atoms with E-state index in [9.17, 15) is 9.59 Å². The minimum absolute atomic E-state index is 0.0303. The molecule has 0 aromatic rings. The van der Waals surface area contributed by atoms with Gasteiger partial charge in [0.1, 0.15) is 11.1 Å². The molecule has 0 unspecified atom stereocenters. The molecule has 2 saturated carbocycles. The Morgan fingerprint density at radius 3 is 2.17 bits per heavy atom. The summed E-state index contributed by atoms with van der Waals surface area (Å²) in [6.45, 7) is 5.57. The van der Waals surface area contributed by atoms with Gasteiger partial charge in [-0.05, 0) is 46.5 Å². The number of amides is 1. The van der Waals surface area contributed by atoms with Gasteiger partial charge in [-0.2, -0.15) is 0 Å². The fourth-order valence-corrected chi connectivity index (χ4v) is 2.42. The summed E-state index contributed by atoms with van der Waals surface area (Å²) in [5.41, 5.74) is -1.26. The highest BCUT2D eigenvalue weighted by molar-refractivity contribution is 5.90. The first kappa shape index (κ1) is 13.4. The van der Waals surface area contributed by atoms with Gasteiger partial charge in [0.15, 0.2) is 0 Å². The second-order valence-corrected chi connectivity index (χ2v) is 6.55. The minimum atomic E-state index is -0.757. The van der Waals surface area contributed by atoms with Gasteiger partial charge in [0, 0.05) is 5.92 Å². The van der Waals surface area contributed by atoms with E-state index in [4.69, 9.17) is 4.74 Å². The van der Waals surface area contributed by atoms with Crippen LogP contribution in [0, 0.1) is 5.92 Å². The van der Waals surface area contributed by atoms with Crippen LogP contribution in [-0.4, -0.2) is 23.0 Å². The summed E-state index contributed by atoms with van der Waals surface area (Å²) in [7, 11) is 0. The van der Waals surface area contributed by atoms with Crippen molar-refractivity contribution in [3.05, 3.63) is 0 Å². The van der Waals surface area contributed by atoms with Gasteiger partial charge in [0.05, 0.1) is 0 Å². The first-order valence-electron chi connectivity index (χ1n) is 6.88. The highest BCUT2D eigenvalue weighted by Gasteiger charge is 2.47. The number of ether oxygens (including phenoxy) is 1. The Morgan fingerprint density at radius 2 is 1.72 bits per heavy atom. The van der Waals surface area contributed by atoms with Crippen molar-refractivity contribution < 1.29 is 14.3 Å². The number of hydrogen-bond donors (Lipinski definition) is 1. The van der Waals surface area contributed by atoms with Crippen molar-refractivity contribution in [2.45, 2.75) is 70.4 Å². The van der Waals surface area contributed by atoms with Crippen LogP contribution in [0.5, 0.6) is 0 Å². The third-order valence-corrected chi connectivity index (χ3v) is 3.56. The van der Waals surface area contributed by atoms with Gasteiger partial charge in [-0.15, -0.1) is 0 Å². The number of esters is 1. The molecule has 0 aliphatic heterocycles. The Labute approximate surface area is 108 Å². The van der Waals surface area contributed by atoms with Crippen molar-refractivity contribution in [2.24, 2.45) is 5.92 Å². The van der Waals surface area contributed by atoms with Crippen LogP contribution in [0.1, 0.15) is 59.3 Å². The molecule has 18 heavy (non-hydrogen) atoms. The van der Waals surface area contributed by atoms with Crippen LogP contribution in [0.3, 0.4) is 0 Å². The molecule has 4 heteroatoms. The average Bonchev–Trinajstić information content (AvgIpc) is 2.98. The Balaban J connectivity index is 2.05. The van der Waals surface area contributed by atoms with Gasteiger partial charge in [0.2, 0.25) is 5.91 Å². The Bertz CT molecular complexity index is 347. The van der Waals surface area contributed by atoms with E-state index >= 15 is 0 Å². The summed E-state index contributed by atoms with van der Waals surface area (Å²) >= 11 is 0. The van der Waals surface area contributed by atoms with Crippen molar-refractivity contribution in [1.82, 2.24) is 5.32 Å². The van der Waals surface area contributed by atoms with Crippen LogP contribution in [0.15, 0.2) is 0 Å². The lowest BCUT2D eigenvalue weighted by Gasteiger charge is -2.32. The molecule has 0 aromatic carbocycles. The van der Waals surface area contributed by atoms with Crippen LogP contribution in [0.25, 0.3) is 0 Å². The summed E-state index contributed by atoms with van der Waals surface area (Å²) < 4.78 is 5.47. The number of hydrogen-bond acceptors (Lipinski definition) is 3.